The van der Waals surface area contributed by atoms with Crippen LogP contribution in [0.4, 0.5) is 0 Å². The lowest BCUT2D eigenvalue weighted by Crippen LogP contribution is -2.31. The highest BCUT2D eigenvalue weighted by atomic mass is 35.5. The van der Waals surface area contributed by atoms with Crippen LogP contribution < -0.4 is 14.8 Å². The Morgan fingerprint density at radius 1 is 1.16 bits per heavy atom. The molecule has 0 bridgehead atoms. The summed E-state index contributed by atoms with van der Waals surface area (Å²) in [5.74, 6) is 0.860. The van der Waals surface area contributed by atoms with Gasteiger partial charge in [-0.1, -0.05) is 41.9 Å². The molecule has 6 nitrogen and oxygen atoms in total. The smallest absolute Gasteiger partial charge is 0.251 e. The number of benzene rings is 2. The van der Waals surface area contributed by atoms with Gasteiger partial charge in [0.05, 0.1) is 37.0 Å². The zero-order valence-electron chi connectivity index (χ0n) is 17.1. The molecule has 0 spiro atoms. The Morgan fingerprint density at radius 2 is 2.00 bits per heavy atom. The van der Waals surface area contributed by atoms with Crippen molar-refractivity contribution in [2.24, 2.45) is 0 Å². The van der Waals surface area contributed by atoms with Gasteiger partial charge in [0.2, 0.25) is 0 Å². The van der Waals surface area contributed by atoms with Gasteiger partial charge in [-0.25, -0.2) is 0 Å². The second-order valence-corrected chi connectivity index (χ2v) is 8.35. The molecule has 31 heavy (non-hydrogen) atoms. The van der Waals surface area contributed by atoms with Gasteiger partial charge in [0.1, 0.15) is 0 Å². The standard InChI is InChI=1S/C24H24ClN3O3/c25-19-12-17(13-22-23(19)31-11-5-10-30-22)24(29)27-20-8-4-9-21-18(20)14-26-28(21)15-16-6-2-1-3-7-16/h1-3,6-7,12-14,20H,4-5,8-11,15H2,(H,27,29). The number of hydrogen-bond donors (Lipinski definition) is 1. The van der Waals surface area contributed by atoms with E-state index in [-0.39, 0.29) is 11.9 Å². The zero-order chi connectivity index (χ0) is 21.2. The SMILES string of the molecule is O=C(NC1CCCc2c1cnn2Cc1ccccc1)c1cc(Cl)c2c(c1)OCCCO2. The van der Waals surface area contributed by atoms with Gasteiger partial charge in [0.25, 0.3) is 5.91 Å². The topological polar surface area (TPSA) is 65.4 Å². The Balaban J connectivity index is 1.35. The molecule has 1 aliphatic carbocycles. The summed E-state index contributed by atoms with van der Waals surface area (Å²) in [7, 11) is 0. The molecule has 1 atom stereocenters. The van der Waals surface area contributed by atoms with Crippen molar-refractivity contribution >= 4 is 17.5 Å². The Labute approximate surface area is 186 Å². The van der Waals surface area contributed by atoms with Gasteiger partial charge in [-0.2, -0.15) is 5.10 Å². The normalized spacial score (nSPS) is 17.5. The van der Waals surface area contributed by atoms with Crippen molar-refractivity contribution < 1.29 is 14.3 Å². The molecular weight excluding hydrogens is 414 g/mol. The lowest BCUT2D eigenvalue weighted by atomic mass is 9.92. The molecule has 3 aromatic rings. The average molecular weight is 438 g/mol. The highest BCUT2D eigenvalue weighted by molar-refractivity contribution is 6.32. The van der Waals surface area contributed by atoms with Crippen molar-refractivity contribution in [1.82, 2.24) is 15.1 Å². The van der Waals surface area contributed by atoms with Gasteiger partial charge in [0.15, 0.2) is 11.5 Å². The number of halogens is 1. The molecule has 1 N–H and O–H groups in total. The Bertz CT molecular complexity index is 1100. The molecule has 1 aliphatic heterocycles. The first-order chi connectivity index (χ1) is 15.2. The van der Waals surface area contributed by atoms with Crippen LogP contribution in [0.15, 0.2) is 48.7 Å². The van der Waals surface area contributed by atoms with Crippen molar-refractivity contribution in [3.05, 3.63) is 76.1 Å². The summed E-state index contributed by atoms with van der Waals surface area (Å²) in [6, 6.07) is 13.6. The van der Waals surface area contributed by atoms with E-state index >= 15 is 0 Å². The summed E-state index contributed by atoms with van der Waals surface area (Å²) in [5, 5.41) is 8.18. The van der Waals surface area contributed by atoms with Crippen LogP contribution in [0.25, 0.3) is 0 Å². The third-order valence-electron chi connectivity index (χ3n) is 5.81. The molecule has 0 saturated heterocycles. The van der Waals surface area contributed by atoms with Gasteiger partial charge < -0.3 is 14.8 Å². The summed E-state index contributed by atoms with van der Waals surface area (Å²) in [4.78, 5) is 13.1. The molecule has 0 saturated carbocycles. The molecule has 160 valence electrons. The van der Waals surface area contributed by atoms with E-state index in [1.165, 1.54) is 11.3 Å². The van der Waals surface area contributed by atoms with Crippen molar-refractivity contribution in [2.75, 3.05) is 13.2 Å². The molecule has 0 fully saturated rings. The molecule has 5 rings (SSSR count). The molecule has 1 amide bonds. The number of nitrogens with zero attached hydrogens (tertiary/aromatic N) is 2. The minimum absolute atomic E-state index is 0.0736. The predicted molar refractivity (Wildman–Crippen MR) is 118 cm³/mol. The van der Waals surface area contributed by atoms with E-state index in [9.17, 15) is 4.79 Å². The minimum Gasteiger partial charge on any atom is -0.489 e. The van der Waals surface area contributed by atoms with Crippen molar-refractivity contribution in [2.45, 2.75) is 38.3 Å². The maximum absolute atomic E-state index is 13.1. The van der Waals surface area contributed by atoms with Crippen molar-refractivity contribution in [1.29, 1.82) is 0 Å². The summed E-state index contributed by atoms with van der Waals surface area (Å²) in [5.41, 5.74) is 3.97. The summed E-state index contributed by atoms with van der Waals surface area (Å²) in [6.45, 7) is 1.83. The van der Waals surface area contributed by atoms with Crippen molar-refractivity contribution in [3.8, 4) is 11.5 Å². The second-order valence-electron chi connectivity index (χ2n) is 7.94. The van der Waals surface area contributed by atoms with Gasteiger partial charge >= 0.3 is 0 Å². The molecule has 2 heterocycles. The zero-order valence-corrected chi connectivity index (χ0v) is 17.9. The number of ether oxygens (including phenoxy) is 2. The summed E-state index contributed by atoms with van der Waals surface area (Å²) >= 11 is 6.37. The lowest BCUT2D eigenvalue weighted by Gasteiger charge is -2.24. The van der Waals surface area contributed by atoms with Crippen LogP contribution >= 0.6 is 11.6 Å². The van der Waals surface area contributed by atoms with E-state index in [4.69, 9.17) is 21.1 Å². The number of nitrogens with one attached hydrogen (secondary N) is 1. The summed E-state index contributed by atoms with van der Waals surface area (Å²) < 4.78 is 13.4. The fourth-order valence-electron chi connectivity index (χ4n) is 4.26. The third kappa shape index (κ3) is 4.12. The Morgan fingerprint density at radius 3 is 2.87 bits per heavy atom. The van der Waals surface area contributed by atoms with Crippen molar-refractivity contribution in [3.63, 3.8) is 0 Å². The van der Waals surface area contributed by atoms with Crippen LogP contribution in [0.5, 0.6) is 11.5 Å². The number of carbonyl (C=O) groups is 1. The number of hydrogen-bond acceptors (Lipinski definition) is 4. The van der Waals surface area contributed by atoms with E-state index in [2.05, 4.69) is 22.5 Å². The first-order valence-corrected chi connectivity index (χ1v) is 11.1. The molecule has 2 aliphatic rings. The molecular formula is C24H24ClN3O3. The fraction of sp³-hybridized carbons (Fsp3) is 0.333. The van der Waals surface area contributed by atoms with Crippen LogP contribution in [-0.4, -0.2) is 28.9 Å². The largest absolute Gasteiger partial charge is 0.489 e. The second kappa shape index (κ2) is 8.63. The quantitative estimate of drug-likeness (QED) is 0.650. The maximum Gasteiger partial charge on any atom is 0.251 e. The van der Waals surface area contributed by atoms with Crippen LogP contribution in [0.1, 0.15) is 52.5 Å². The molecule has 0 radical (unpaired) electrons. The molecule has 1 aromatic heterocycles. The minimum atomic E-state index is -0.175. The number of amides is 1. The molecule has 2 aromatic carbocycles. The molecule has 1 unspecified atom stereocenters. The predicted octanol–water partition coefficient (Wildman–Crippen LogP) is 4.55. The van der Waals surface area contributed by atoms with Crippen LogP contribution in [0.3, 0.4) is 0 Å². The van der Waals surface area contributed by atoms with E-state index < -0.39 is 0 Å². The van der Waals surface area contributed by atoms with Gasteiger partial charge in [0, 0.05) is 23.2 Å². The fourth-order valence-corrected chi connectivity index (χ4v) is 4.53. The number of carbonyl (C=O) groups excluding carboxylic acids is 1. The van der Waals surface area contributed by atoms with E-state index in [0.29, 0.717) is 35.3 Å². The lowest BCUT2D eigenvalue weighted by molar-refractivity contribution is 0.0932. The monoisotopic (exact) mass is 437 g/mol. The number of aromatic nitrogens is 2. The van der Waals surface area contributed by atoms with Crippen LogP contribution in [-0.2, 0) is 13.0 Å². The van der Waals surface area contributed by atoms with E-state index in [1.807, 2.05) is 29.1 Å². The first-order valence-electron chi connectivity index (χ1n) is 10.7. The third-order valence-corrected chi connectivity index (χ3v) is 6.09. The van der Waals surface area contributed by atoms with Crippen LogP contribution in [0, 0.1) is 0 Å². The van der Waals surface area contributed by atoms with Gasteiger partial charge in [-0.05, 0) is 37.0 Å². The number of fused-ring (bicyclic) bond motifs is 2. The van der Waals surface area contributed by atoms with Gasteiger partial charge in [-0.3, -0.25) is 9.48 Å². The Hall–Kier alpha value is -2.99. The maximum atomic E-state index is 13.1. The molecule has 7 heteroatoms. The average Bonchev–Trinajstić information content (AvgIpc) is 3.03. The van der Waals surface area contributed by atoms with E-state index in [0.717, 1.165) is 37.8 Å². The van der Waals surface area contributed by atoms with Crippen LogP contribution in [0.2, 0.25) is 5.02 Å². The highest BCUT2D eigenvalue weighted by Crippen LogP contribution is 2.38. The first kappa shape index (κ1) is 19.9. The van der Waals surface area contributed by atoms with E-state index in [1.54, 1.807) is 12.1 Å². The van der Waals surface area contributed by atoms with Gasteiger partial charge in [-0.15, -0.1) is 0 Å². The Kier molecular flexibility index (Phi) is 5.55. The highest BCUT2D eigenvalue weighted by Gasteiger charge is 2.27. The number of rotatable bonds is 4. The summed E-state index contributed by atoms with van der Waals surface area (Å²) in [6.07, 6.45) is 5.52.